The van der Waals surface area contributed by atoms with Crippen molar-refractivity contribution in [3.8, 4) is 5.69 Å². The van der Waals surface area contributed by atoms with E-state index >= 15 is 0 Å². The van der Waals surface area contributed by atoms with Gasteiger partial charge in [-0.3, -0.25) is 23.9 Å². The minimum atomic E-state index is -4.83. The number of hydrogen-bond acceptors (Lipinski definition) is 6. The first-order valence-electron chi connectivity index (χ1n) is 11.6. The molecule has 1 aromatic carbocycles. The number of hydrogen-bond donors (Lipinski definition) is 2. The molecule has 5 rings (SSSR count). The maximum Gasteiger partial charge on any atom is 0.416 e. The number of rotatable bonds is 6. The Morgan fingerprint density at radius 2 is 1.75 bits per heavy atom. The monoisotopic (exact) mass is 569 g/mol. The van der Waals surface area contributed by atoms with Crippen molar-refractivity contribution in [2.24, 2.45) is 11.7 Å². The van der Waals surface area contributed by atoms with Crippen molar-refractivity contribution in [3.05, 3.63) is 63.7 Å². The van der Waals surface area contributed by atoms with Gasteiger partial charge in [0.05, 0.1) is 11.9 Å². The molecule has 1 aliphatic heterocycles. The smallest absolute Gasteiger partial charge is 0.416 e. The largest absolute Gasteiger partial charge is 0.434 e. The summed E-state index contributed by atoms with van der Waals surface area (Å²) in [5, 5.41) is 1.30. The molecule has 2 aromatic heterocycles. The Hall–Kier alpha value is -4.63. The zero-order chi connectivity index (χ0) is 29.1. The summed E-state index contributed by atoms with van der Waals surface area (Å²) in [4.78, 5) is 54.8. The standard InChI is InChI=1S/C24H17F6N5O5/c25-10-5-13(26)17(14(27)6-10)35-7-12(22(38)33-19(9-1-2-9)24(28,29)30)18(36)11-3-4-16(32-21(11)35)34-8-15(20(31)37)40-23(34)39/h3-7,9,15,19H,1-2,8H2,(H2,31,37)(H,33,38)/t15-,19+/m1/s1. The van der Waals surface area contributed by atoms with Gasteiger partial charge in [-0.1, -0.05) is 0 Å². The SMILES string of the molecule is NC(=O)[C@H]1CN(c2ccc3c(=O)c(C(=O)N[C@@H](C4CC4)C(F)(F)F)cn(-c4c(F)cc(F)cc4F)c3n2)C(=O)O1. The highest BCUT2D eigenvalue weighted by Crippen LogP contribution is 2.40. The van der Waals surface area contributed by atoms with Gasteiger partial charge in [0.15, 0.2) is 23.4 Å². The van der Waals surface area contributed by atoms with E-state index in [1.807, 2.05) is 0 Å². The fraction of sp³-hybridized carbons (Fsp3) is 0.292. The van der Waals surface area contributed by atoms with E-state index in [0.717, 1.165) is 17.0 Å². The summed E-state index contributed by atoms with van der Waals surface area (Å²) in [7, 11) is 0. The number of pyridine rings is 2. The molecular formula is C24H17F6N5O5. The molecule has 10 nitrogen and oxygen atoms in total. The number of cyclic esters (lactones) is 1. The van der Waals surface area contributed by atoms with Gasteiger partial charge in [0.1, 0.15) is 28.9 Å². The van der Waals surface area contributed by atoms with Crippen LogP contribution in [0.2, 0.25) is 0 Å². The van der Waals surface area contributed by atoms with E-state index in [0.29, 0.717) is 22.9 Å². The van der Waals surface area contributed by atoms with Crippen molar-refractivity contribution in [3.63, 3.8) is 0 Å². The van der Waals surface area contributed by atoms with Crippen molar-refractivity contribution in [2.75, 3.05) is 11.4 Å². The number of carbonyl (C=O) groups excluding carboxylic acids is 3. The van der Waals surface area contributed by atoms with Crippen LogP contribution in [0.25, 0.3) is 16.7 Å². The lowest BCUT2D eigenvalue weighted by molar-refractivity contribution is -0.158. The number of alkyl halides is 3. The molecule has 0 unspecified atom stereocenters. The molecule has 0 spiro atoms. The second-order valence-corrected chi connectivity index (χ2v) is 9.22. The lowest BCUT2D eigenvalue weighted by atomic mass is 10.1. The average molecular weight is 569 g/mol. The van der Waals surface area contributed by atoms with Crippen LogP contribution >= 0.6 is 0 Å². The molecule has 210 valence electrons. The summed E-state index contributed by atoms with van der Waals surface area (Å²) in [6, 6.07) is 0.435. The predicted molar refractivity (Wildman–Crippen MR) is 124 cm³/mol. The summed E-state index contributed by atoms with van der Waals surface area (Å²) in [6.07, 6.45) is -6.27. The molecule has 1 saturated heterocycles. The lowest BCUT2D eigenvalue weighted by Gasteiger charge is -2.22. The van der Waals surface area contributed by atoms with Gasteiger partial charge in [-0.25, -0.2) is 22.9 Å². The molecule has 3 N–H and O–H groups in total. The van der Waals surface area contributed by atoms with Crippen molar-refractivity contribution in [1.82, 2.24) is 14.9 Å². The zero-order valence-electron chi connectivity index (χ0n) is 20.0. The Balaban J connectivity index is 1.69. The van der Waals surface area contributed by atoms with Crippen LogP contribution in [-0.2, 0) is 9.53 Å². The van der Waals surface area contributed by atoms with Gasteiger partial charge in [-0.15, -0.1) is 0 Å². The highest BCUT2D eigenvalue weighted by atomic mass is 19.4. The van der Waals surface area contributed by atoms with E-state index in [9.17, 15) is 45.5 Å². The third kappa shape index (κ3) is 4.80. The molecule has 3 heterocycles. The number of fused-ring (bicyclic) bond motifs is 1. The summed E-state index contributed by atoms with van der Waals surface area (Å²) in [6.45, 7) is -0.392. The third-order valence-electron chi connectivity index (χ3n) is 6.44. The minimum absolute atomic E-state index is 0.195. The van der Waals surface area contributed by atoms with E-state index in [1.54, 1.807) is 5.32 Å². The molecule has 2 aliphatic rings. The van der Waals surface area contributed by atoms with Gasteiger partial charge < -0.3 is 15.8 Å². The summed E-state index contributed by atoms with van der Waals surface area (Å²) >= 11 is 0. The lowest BCUT2D eigenvalue weighted by Crippen LogP contribution is -2.48. The Kier molecular flexibility index (Phi) is 6.42. The van der Waals surface area contributed by atoms with Crippen LogP contribution in [0.3, 0.4) is 0 Å². The number of halogens is 6. The maximum atomic E-state index is 14.9. The molecule has 40 heavy (non-hydrogen) atoms. The Bertz CT molecular complexity index is 1610. The van der Waals surface area contributed by atoms with E-state index in [4.69, 9.17) is 10.5 Å². The number of nitrogens with two attached hydrogens (primary N) is 1. The number of primary amides is 1. The van der Waals surface area contributed by atoms with E-state index in [1.165, 1.54) is 0 Å². The molecule has 2 fully saturated rings. The molecule has 3 amide bonds. The van der Waals surface area contributed by atoms with Gasteiger partial charge in [0, 0.05) is 18.3 Å². The first-order chi connectivity index (χ1) is 18.8. The number of amides is 3. The number of carbonyl (C=O) groups is 3. The van der Waals surface area contributed by atoms with Crippen molar-refractivity contribution in [2.45, 2.75) is 31.2 Å². The Labute approximate surface area is 219 Å². The number of nitrogens with one attached hydrogen (secondary N) is 1. The molecular weight excluding hydrogens is 552 g/mol. The normalized spacial score (nSPS) is 18.1. The summed E-state index contributed by atoms with van der Waals surface area (Å²) in [5.41, 5.74) is 1.55. The second-order valence-electron chi connectivity index (χ2n) is 9.22. The number of benzene rings is 1. The quantitative estimate of drug-likeness (QED) is 0.438. The first-order valence-corrected chi connectivity index (χ1v) is 11.6. The van der Waals surface area contributed by atoms with E-state index < -0.39 is 93.9 Å². The number of nitrogens with zero attached hydrogens (tertiary/aromatic N) is 3. The molecule has 1 saturated carbocycles. The maximum absolute atomic E-state index is 14.9. The average Bonchev–Trinajstić information content (AvgIpc) is 3.62. The molecule has 3 aromatic rings. The second kappa shape index (κ2) is 9.53. The zero-order valence-corrected chi connectivity index (χ0v) is 20.0. The molecule has 2 atom stereocenters. The van der Waals surface area contributed by atoms with Gasteiger partial charge in [0.25, 0.3) is 11.8 Å². The molecule has 0 bridgehead atoms. The molecule has 1 aliphatic carbocycles. The molecule has 0 radical (unpaired) electrons. The summed E-state index contributed by atoms with van der Waals surface area (Å²) in [5.74, 6) is -7.89. The predicted octanol–water partition coefficient (Wildman–Crippen LogP) is 2.68. The first kappa shape index (κ1) is 27.0. The van der Waals surface area contributed by atoms with Crippen LogP contribution in [0.4, 0.5) is 37.0 Å². The van der Waals surface area contributed by atoms with Gasteiger partial charge in [0.2, 0.25) is 5.43 Å². The van der Waals surface area contributed by atoms with Crippen molar-refractivity contribution < 1.29 is 45.5 Å². The van der Waals surface area contributed by atoms with Crippen LogP contribution in [-0.4, -0.2) is 52.3 Å². The Morgan fingerprint density at radius 1 is 1.10 bits per heavy atom. The summed E-state index contributed by atoms with van der Waals surface area (Å²) < 4.78 is 89.3. The third-order valence-corrected chi connectivity index (χ3v) is 6.44. The van der Waals surface area contributed by atoms with Crippen LogP contribution in [0.1, 0.15) is 23.2 Å². The van der Waals surface area contributed by atoms with E-state index in [-0.39, 0.29) is 18.7 Å². The van der Waals surface area contributed by atoms with E-state index in [2.05, 4.69) is 4.98 Å². The number of anilines is 1. The van der Waals surface area contributed by atoms with Crippen LogP contribution in [0.5, 0.6) is 0 Å². The van der Waals surface area contributed by atoms with Crippen molar-refractivity contribution >= 4 is 34.8 Å². The number of ether oxygens (including phenoxy) is 1. The molecule has 16 heteroatoms. The Morgan fingerprint density at radius 3 is 2.30 bits per heavy atom. The topological polar surface area (TPSA) is 137 Å². The van der Waals surface area contributed by atoms with Crippen LogP contribution in [0, 0.1) is 23.4 Å². The highest BCUT2D eigenvalue weighted by molar-refractivity contribution is 5.98. The fourth-order valence-corrected chi connectivity index (χ4v) is 4.35. The van der Waals surface area contributed by atoms with Gasteiger partial charge in [-0.05, 0) is 30.9 Å². The number of aromatic nitrogens is 2. The highest BCUT2D eigenvalue weighted by Gasteiger charge is 2.50. The fourth-order valence-electron chi connectivity index (χ4n) is 4.35. The van der Waals surface area contributed by atoms with Gasteiger partial charge >= 0.3 is 12.3 Å². The van der Waals surface area contributed by atoms with Gasteiger partial charge in [-0.2, -0.15) is 13.2 Å². The minimum Gasteiger partial charge on any atom is -0.434 e. The van der Waals surface area contributed by atoms with Crippen molar-refractivity contribution in [1.29, 1.82) is 0 Å². The van der Waals surface area contributed by atoms with Crippen LogP contribution < -0.4 is 21.4 Å². The van der Waals surface area contributed by atoms with Crippen LogP contribution in [0.15, 0.2) is 35.3 Å².